The van der Waals surface area contributed by atoms with Crippen molar-refractivity contribution in [2.45, 2.75) is 40.0 Å². The Morgan fingerprint density at radius 1 is 0.833 bits per heavy atom. The monoisotopic (exact) mass is 175 g/mol. The summed E-state index contributed by atoms with van der Waals surface area (Å²) >= 11 is 0. The van der Waals surface area contributed by atoms with Gasteiger partial charge in [0.25, 0.3) is 0 Å². The van der Waals surface area contributed by atoms with Crippen LogP contribution < -0.4 is 0 Å². The lowest BCUT2D eigenvalue weighted by atomic mass is 10.5. The minimum atomic E-state index is 0.740. The molecule has 0 saturated heterocycles. The van der Waals surface area contributed by atoms with Crippen LogP contribution in [0.4, 0.5) is 0 Å². The second-order valence-electron chi connectivity index (χ2n) is 2.72. The summed E-state index contributed by atoms with van der Waals surface area (Å²) < 4.78 is 0. The Bertz CT molecular complexity index is 80.6. The summed E-state index contributed by atoms with van der Waals surface area (Å²) in [5.74, 6) is 0. The highest BCUT2D eigenvalue weighted by molar-refractivity contribution is 4.30. The predicted molar refractivity (Wildman–Crippen MR) is 49.5 cm³/mol. The van der Waals surface area contributed by atoms with Crippen molar-refractivity contribution >= 4 is 0 Å². The molecule has 0 aliphatic heterocycles. The topological polar surface area (TPSA) is 21.7 Å². The Labute approximate surface area is 75.6 Å². The summed E-state index contributed by atoms with van der Waals surface area (Å²) in [7, 11) is 0. The van der Waals surface area contributed by atoms with Crippen molar-refractivity contribution < 1.29 is 9.68 Å². The predicted octanol–water partition coefficient (Wildman–Crippen LogP) is 2.38. The first-order chi connectivity index (χ1) is 5.85. The third kappa shape index (κ3) is 6.58. The molecule has 74 valence electrons. The number of nitrogens with zero attached hydrogens (tertiary/aromatic N) is 1. The van der Waals surface area contributed by atoms with Gasteiger partial charge >= 0.3 is 0 Å². The molecular formula is C9H21NO2. The van der Waals surface area contributed by atoms with Gasteiger partial charge in [0.1, 0.15) is 0 Å². The van der Waals surface area contributed by atoms with Crippen molar-refractivity contribution in [3.63, 3.8) is 0 Å². The van der Waals surface area contributed by atoms with Gasteiger partial charge in [-0.3, -0.25) is 9.68 Å². The average Bonchev–Trinajstić information content (AvgIpc) is 2.10. The zero-order valence-corrected chi connectivity index (χ0v) is 8.51. The Morgan fingerprint density at radius 2 is 1.33 bits per heavy atom. The molecule has 0 N–H and O–H groups in total. The van der Waals surface area contributed by atoms with E-state index < -0.39 is 0 Å². The van der Waals surface area contributed by atoms with Crippen molar-refractivity contribution in [2.24, 2.45) is 0 Å². The zero-order chi connectivity index (χ0) is 9.23. The summed E-state index contributed by atoms with van der Waals surface area (Å²) in [4.78, 5) is 10.7. The number of hydroxylamine groups is 2. The van der Waals surface area contributed by atoms with Gasteiger partial charge in [-0.25, -0.2) is 0 Å². The van der Waals surface area contributed by atoms with Gasteiger partial charge in [0.2, 0.25) is 0 Å². The van der Waals surface area contributed by atoms with Crippen LogP contribution in [0.15, 0.2) is 0 Å². The lowest BCUT2D eigenvalue weighted by Crippen LogP contribution is -2.26. The maximum Gasteiger partial charge on any atom is 0.0709 e. The van der Waals surface area contributed by atoms with Gasteiger partial charge in [-0.1, -0.05) is 26.0 Å². The van der Waals surface area contributed by atoms with Crippen LogP contribution in [-0.4, -0.2) is 25.0 Å². The van der Waals surface area contributed by atoms with Gasteiger partial charge in [-0.15, -0.1) is 0 Å². The van der Waals surface area contributed by atoms with E-state index in [-0.39, 0.29) is 0 Å². The fourth-order valence-electron chi connectivity index (χ4n) is 0.735. The maximum atomic E-state index is 5.34. The van der Waals surface area contributed by atoms with E-state index >= 15 is 0 Å². The smallest absolute Gasteiger partial charge is 0.0709 e. The first-order valence-corrected chi connectivity index (χ1v) is 4.88. The molecule has 0 rings (SSSR count). The van der Waals surface area contributed by atoms with Crippen molar-refractivity contribution in [3.05, 3.63) is 0 Å². The van der Waals surface area contributed by atoms with E-state index in [1.165, 1.54) is 0 Å². The van der Waals surface area contributed by atoms with E-state index in [0.29, 0.717) is 0 Å². The van der Waals surface area contributed by atoms with E-state index in [2.05, 4.69) is 20.8 Å². The molecule has 0 spiro atoms. The van der Waals surface area contributed by atoms with Crippen LogP contribution in [0, 0.1) is 0 Å². The van der Waals surface area contributed by atoms with Gasteiger partial charge in [-0.2, -0.15) is 0 Å². The Balaban J connectivity index is 3.40. The fourth-order valence-corrected chi connectivity index (χ4v) is 0.735. The molecule has 3 nitrogen and oxygen atoms in total. The molecule has 0 amide bonds. The van der Waals surface area contributed by atoms with Crippen LogP contribution in [0.25, 0.3) is 0 Å². The van der Waals surface area contributed by atoms with E-state index in [1.807, 2.05) is 0 Å². The largest absolute Gasteiger partial charge is 0.274 e. The van der Waals surface area contributed by atoms with Crippen LogP contribution in [0.5, 0.6) is 0 Å². The summed E-state index contributed by atoms with van der Waals surface area (Å²) in [5, 5.41) is 1.60. The second kappa shape index (κ2) is 8.97. The molecule has 3 heteroatoms. The molecule has 0 aliphatic carbocycles. The van der Waals surface area contributed by atoms with E-state index in [0.717, 1.165) is 39.0 Å². The molecule has 0 radical (unpaired) electrons. The molecule has 0 saturated carbocycles. The minimum Gasteiger partial charge on any atom is -0.274 e. The van der Waals surface area contributed by atoms with Gasteiger partial charge in [0, 0.05) is 0 Å². The van der Waals surface area contributed by atoms with Gasteiger partial charge in [-0.05, 0) is 19.3 Å². The summed E-state index contributed by atoms with van der Waals surface area (Å²) in [6.07, 6.45) is 3.10. The van der Waals surface area contributed by atoms with Gasteiger partial charge < -0.3 is 0 Å². The molecule has 0 bridgehead atoms. The van der Waals surface area contributed by atoms with Crippen molar-refractivity contribution in [1.82, 2.24) is 5.23 Å². The minimum absolute atomic E-state index is 0.740. The zero-order valence-electron chi connectivity index (χ0n) is 8.51. The van der Waals surface area contributed by atoms with E-state index in [1.54, 1.807) is 5.23 Å². The molecule has 0 aromatic rings. The molecule has 0 atom stereocenters. The van der Waals surface area contributed by atoms with Crippen LogP contribution in [0.1, 0.15) is 40.0 Å². The Kier molecular flexibility index (Phi) is 8.88. The van der Waals surface area contributed by atoms with Gasteiger partial charge in [0.05, 0.1) is 19.8 Å². The third-order valence-electron chi connectivity index (χ3n) is 1.28. The quantitative estimate of drug-likeness (QED) is 0.529. The third-order valence-corrected chi connectivity index (χ3v) is 1.28. The summed E-state index contributed by atoms with van der Waals surface area (Å²) in [5.41, 5.74) is 0. The number of rotatable bonds is 8. The van der Waals surface area contributed by atoms with Crippen molar-refractivity contribution in [3.8, 4) is 0 Å². The lowest BCUT2D eigenvalue weighted by molar-refractivity contribution is -0.368. The highest BCUT2D eigenvalue weighted by Crippen LogP contribution is 1.96. The highest BCUT2D eigenvalue weighted by atomic mass is 16.9. The molecule has 12 heavy (non-hydrogen) atoms. The highest BCUT2D eigenvalue weighted by Gasteiger charge is 2.02. The number of hydrogen-bond acceptors (Lipinski definition) is 3. The number of hydrogen-bond donors (Lipinski definition) is 0. The van der Waals surface area contributed by atoms with Gasteiger partial charge in [0.15, 0.2) is 0 Å². The molecule has 0 unspecified atom stereocenters. The molecule has 0 aromatic carbocycles. The first kappa shape index (κ1) is 11.9. The van der Waals surface area contributed by atoms with Crippen molar-refractivity contribution in [1.29, 1.82) is 0 Å². The van der Waals surface area contributed by atoms with Crippen LogP contribution >= 0.6 is 0 Å². The summed E-state index contributed by atoms with van der Waals surface area (Å²) in [6, 6.07) is 0. The van der Waals surface area contributed by atoms with Crippen LogP contribution in [0.3, 0.4) is 0 Å². The molecule has 0 fully saturated rings. The summed E-state index contributed by atoms with van der Waals surface area (Å²) in [6.45, 7) is 8.61. The second-order valence-corrected chi connectivity index (χ2v) is 2.72. The lowest BCUT2D eigenvalue weighted by Gasteiger charge is -2.19. The molecule has 0 aromatic heterocycles. The first-order valence-electron chi connectivity index (χ1n) is 4.88. The van der Waals surface area contributed by atoms with E-state index in [9.17, 15) is 0 Å². The molecule has 0 aliphatic rings. The van der Waals surface area contributed by atoms with Crippen molar-refractivity contribution in [2.75, 3.05) is 19.8 Å². The molecular weight excluding hydrogens is 154 g/mol. The Morgan fingerprint density at radius 3 is 1.67 bits per heavy atom. The van der Waals surface area contributed by atoms with Crippen LogP contribution in [0.2, 0.25) is 0 Å². The fraction of sp³-hybridized carbons (Fsp3) is 1.00. The normalized spacial score (nSPS) is 11.0. The standard InChI is InChI=1S/C9H21NO2/c1-4-7-10(11-8-5-2)12-9-6-3/h4-9H2,1-3H3. The molecule has 0 heterocycles. The Hall–Kier alpha value is -0.120. The van der Waals surface area contributed by atoms with Crippen LogP contribution in [-0.2, 0) is 9.68 Å². The SMILES string of the molecule is CCCON(CCC)OCCC. The maximum absolute atomic E-state index is 5.34. The average molecular weight is 175 g/mol. The van der Waals surface area contributed by atoms with E-state index in [4.69, 9.17) is 9.68 Å².